The van der Waals surface area contributed by atoms with E-state index < -0.39 is 11.7 Å². The predicted octanol–water partition coefficient (Wildman–Crippen LogP) is 2.52. The molecule has 3 heterocycles. The van der Waals surface area contributed by atoms with Gasteiger partial charge in [0.1, 0.15) is 5.82 Å². The minimum atomic E-state index is -4.37. The largest absolute Gasteiger partial charge is 0.419 e. The van der Waals surface area contributed by atoms with E-state index >= 15 is 0 Å². The van der Waals surface area contributed by atoms with Gasteiger partial charge in [-0.3, -0.25) is 0 Å². The van der Waals surface area contributed by atoms with Crippen LogP contribution < -0.4 is 10.2 Å². The summed E-state index contributed by atoms with van der Waals surface area (Å²) in [7, 11) is 0. The third-order valence-corrected chi connectivity index (χ3v) is 4.26. The fourth-order valence-corrected chi connectivity index (χ4v) is 3.25. The lowest BCUT2D eigenvalue weighted by Gasteiger charge is -2.22. The Labute approximate surface area is 117 Å². The molecule has 2 aliphatic heterocycles. The van der Waals surface area contributed by atoms with Crippen molar-refractivity contribution >= 4 is 21.7 Å². The Bertz CT molecular complexity index is 480. The van der Waals surface area contributed by atoms with Crippen LogP contribution in [0.3, 0.4) is 0 Å². The number of anilines is 1. The topological polar surface area (TPSA) is 28.2 Å². The number of fused-ring (bicyclic) bond motifs is 1. The first-order valence-electron chi connectivity index (χ1n) is 6.13. The minimum absolute atomic E-state index is 0.0603. The SMILES string of the molecule is FC(F)(F)c1cc(Br)cnc1N1C[C@H]2CNC[C@H]2C1. The highest BCUT2D eigenvalue weighted by atomic mass is 79.9. The first-order chi connectivity index (χ1) is 8.95. The summed E-state index contributed by atoms with van der Waals surface area (Å²) >= 11 is 3.05. The number of alkyl halides is 3. The van der Waals surface area contributed by atoms with Crippen LogP contribution in [0.5, 0.6) is 0 Å². The van der Waals surface area contributed by atoms with Crippen LogP contribution >= 0.6 is 15.9 Å². The van der Waals surface area contributed by atoms with Gasteiger partial charge in [0.15, 0.2) is 0 Å². The van der Waals surface area contributed by atoms with Crippen molar-refractivity contribution in [2.24, 2.45) is 11.8 Å². The van der Waals surface area contributed by atoms with Crippen molar-refractivity contribution < 1.29 is 13.2 Å². The fourth-order valence-electron chi connectivity index (χ4n) is 2.92. The molecule has 2 saturated heterocycles. The molecule has 0 radical (unpaired) electrons. The maximum atomic E-state index is 13.1. The molecule has 1 aromatic rings. The van der Waals surface area contributed by atoms with Crippen molar-refractivity contribution in [1.29, 1.82) is 0 Å². The van der Waals surface area contributed by atoms with E-state index in [2.05, 4.69) is 26.2 Å². The highest BCUT2D eigenvalue weighted by Gasteiger charge is 2.41. The molecule has 0 unspecified atom stereocenters. The molecular formula is C12H13BrF3N3. The van der Waals surface area contributed by atoms with Crippen molar-refractivity contribution in [3.8, 4) is 0 Å². The number of halogens is 4. The summed E-state index contributed by atoms with van der Waals surface area (Å²) in [5.74, 6) is 0.933. The van der Waals surface area contributed by atoms with Gasteiger partial charge in [-0.1, -0.05) is 0 Å². The Hall–Kier alpha value is -0.820. The van der Waals surface area contributed by atoms with E-state index in [1.807, 2.05) is 0 Å². The number of hydrogen-bond acceptors (Lipinski definition) is 3. The summed E-state index contributed by atoms with van der Waals surface area (Å²) in [6.45, 7) is 3.07. The van der Waals surface area contributed by atoms with Gasteiger partial charge in [0.25, 0.3) is 0 Å². The van der Waals surface area contributed by atoms with Crippen LogP contribution in [-0.4, -0.2) is 31.2 Å². The van der Waals surface area contributed by atoms with Gasteiger partial charge in [-0.25, -0.2) is 4.98 Å². The van der Waals surface area contributed by atoms with E-state index in [4.69, 9.17) is 0 Å². The third kappa shape index (κ3) is 2.45. The Morgan fingerprint density at radius 3 is 2.47 bits per heavy atom. The molecule has 0 aliphatic carbocycles. The zero-order valence-electron chi connectivity index (χ0n) is 10.0. The van der Waals surface area contributed by atoms with Gasteiger partial charge in [-0.15, -0.1) is 0 Å². The molecule has 1 aromatic heterocycles. The fraction of sp³-hybridized carbons (Fsp3) is 0.583. The Morgan fingerprint density at radius 2 is 1.89 bits per heavy atom. The van der Waals surface area contributed by atoms with E-state index in [1.165, 1.54) is 6.20 Å². The summed E-state index contributed by atoms with van der Waals surface area (Å²) in [4.78, 5) is 5.76. The first-order valence-corrected chi connectivity index (χ1v) is 6.93. The van der Waals surface area contributed by atoms with Crippen LogP contribution in [0.2, 0.25) is 0 Å². The molecule has 0 spiro atoms. The molecule has 2 atom stereocenters. The van der Waals surface area contributed by atoms with Crippen molar-refractivity contribution in [1.82, 2.24) is 10.3 Å². The molecule has 2 fully saturated rings. The van der Waals surface area contributed by atoms with Crippen molar-refractivity contribution in [3.63, 3.8) is 0 Å². The van der Waals surface area contributed by atoms with Gasteiger partial charge in [-0.2, -0.15) is 13.2 Å². The molecule has 3 rings (SSSR count). The first kappa shape index (κ1) is 13.2. The number of nitrogens with zero attached hydrogens (tertiary/aromatic N) is 2. The summed E-state index contributed by atoms with van der Waals surface area (Å²) in [6, 6.07) is 1.11. The third-order valence-electron chi connectivity index (χ3n) is 3.83. The average molecular weight is 336 g/mol. The van der Waals surface area contributed by atoms with Crippen molar-refractivity contribution in [3.05, 3.63) is 22.3 Å². The van der Waals surface area contributed by atoms with Gasteiger partial charge in [-0.05, 0) is 33.8 Å². The summed E-state index contributed by atoms with van der Waals surface area (Å²) in [6.07, 6.45) is -2.95. The van der Waals surface area contributed by atoms with E-state index in [0.29, 0.717) is 29.4 Å². The van der Waals surface area contributed by atoms with Gasteiger partial charge >= 0.3 is 6.18 Å². The monoisotopic (exact) mass is 335 g/mol. The molecule has 104 valence electrons. The Balaban J connectivity index is 1.93. The lowest BCUT2D eigenvalue weighted by Crippen LogP contribution is -2.28. The van der Waals surface area contributed by atoms with Crippen LogP contribution in [0.1, 0.15) is 5.56 Å². The molecule has 2 aliphatic rings. The molecule has 1 N–H and O–H groups in total. The quantitative estimate of drug-likeness (QED) is 0.854. The van der Waals surface area contributed by atoms with E-state index in [-0.39, 0.29) is 5.82 Å². The number of rotatable bonds is 1. The molecule has 19 heavy (non-hydrogen) atoms. The highest BCUT2D eigenvalue weighted by molar-refractivity contribution is 9.10. The molecule has 0 bridgehead atoms. The van der Waals surface area contributed by atoms with Crippen LogP contribution in [0, 0.1) is 11.8 Å². The average Bonchev–Trinajstić information content (AvgIpc) is 2.87. The summed E-state index contributed by atoms with van der Waals surface area (Å²) < 4.78 is 39.6. The van der Waals surface area contributed by atoms with Crippen molar-refractivity contribution in [2.75, 3.05) is 31.1 Å². The van der Waals surface area contributed by atoms with Gasteiger partial charge < -0.3 is 10.2 Å². The van der Waals surface area contributed by atoms with Gasteiger partial charge in [0.05, 0.1) is 5.56 Å². The molecule has 3 nitrogen and oxygen atoms in total. The standard InChI is InChI=1S/C12H13BrF3N3/c13-9-1-10(12(14,15)16)11(18-4-9)19-5-7-2-17-3-8(7)6-19/h1,4,7-8,17H,2-3,5-6H2/t7-,8+. The molecule has 0 aromatic carbocycles. The molecule has 7 heteroatoms. The predicted molar refractivity (Wildman–Crippen MR) is 69.0 cm³/mol. The van der Waals surface area contributed by atoms with Gasteiger partial charge in [0, 0.05) is 36.8 Å². The zero-order chi connectivity index (χ0) is 13.6. The van der Waals surface area contributed by atoms with Crippen LogP contribution in [0.15, 0.2) is 16.7 Å². The molecule has 0 saturated carbocycles. The minimum Gasteiger partial charge on any atom is -0.355 e. The summed E-state index contributed by atoms with van der Waals surface area (Å²) in [5, 5.41) is 3.27. The number of nitrogens with one attached hydrogen (secondary N) is 1. The maximum absolute atomic E-state index is 13.1. The second kappa shape index (κ2) is 4.63. The maximum Gasteiger partial charge on any atom is 0.419 e. The smallest absolute Gasteiger partial charge is 0.355 e. The zero-order valence-corrected chi connectivity index (χ0v) is 11.6. The lowest BCUT2D eigenvalue weighted by molar-refractivity contribution is -0.137. The lowest BCUT2D eigenvalue weighted by atomic mass is 10.0. The number of aromatic nitrogens is 1. The highest BCUT2D eigenvalue weighted by Crippen LogP contribution is 2.39. The normalized spacial score (nSPS) is 26.8. The van der Waals surface area contributed by atoms with E-state index in [9.17, 15) is 13.2 Å². The second-order valence-electron chi connectivity index (χ2n) is 5.11. The Kier molecular flexibility index (Phi) is 3.21. The van der Waals surface area contributed by atoms with E-state index in [0.717, 1.165) is 19.2 Å². The number of pyridine rings is 1. The van der Waals surface area contributed by atoms with Gasteiger partial charge in [0.2, 0.25) is 0 Å². The van der Waals surface area contributed by atoms with Crippen molar-refractivity contribution in [2.45, 2.75) is 6.18 Å². The second-order valence-corrected chi connectivity index (χ2v) is 6.02. The van der Waals surface area contributed by atoms with Crippen LogP contribution in [-0.2, 0) is 6.18 Å². The van der Waals surface area contributed by atoms with E-state index in [1.54, 1.807) is 4.90 Å². The number of hydrogen-bond donors (Lipinski definition) is 1. The summed E-state index contributed by atoms with van der Waals surface area (Å²) in [5.41, 5.74) is -0.658. The molecular weight excluding hydrogens is 323 g/mol. The van der Waals surface area contributed by atoms with Crippen LogP contribution in [0.4, 0.5) is 19.0 Å². The van der Waals surface area contributed by atoms with Crippen LogP contribution in [0.25, 0.3) is 0 Å². The Morgan fingerprint density at radius 1 is 1.26 bits per heavy atom. The molecule has 0 amide bonds.